The average molecular weight is 398 g/mol. The average Bonchev–Trinajstić information content (AvgIpc) is 3.42. The summed E-state index contributed by atoms with van der Waals surface area (Å²) in [5.41, 5.74) is 2.63. The van der Waals surface area contributed by atoms with Gasteiger partial charge in [0.15, 0.2) is 0 Å². The molecule has 1 aliphatic carbocycles. The number of carbonyl (C=O) groups is 2. The van der Waals surface area contributed by atoms with E-state index in [-0.39, 0.29) is 17.7 Å². The van der Waals surface area contributed by atoms with Crippen molar-refractivity contribution in [3.8, 4) is 5.75 Å². The Morgan fingerprint density at radius 1 is 1.34 bits per heavy atom. The van der Waals surface area contributed by atoms with E-state index in [0.717, 1.165) is 23.3 Å². The third-order valence-electron chi connectivity index (χ3n) is 5.64. The Hall–Kier alpha value is -2.87. The smallest absolute Gasteiger partial charge is 0.251 e. The van der Waals surface area contributed by atoms with Crippen molar-refractivity contribution in [3.05, 3.63) is 47.3 Å². The summed E-state index contributed by atoms with van der Waals surface area (Å²) in [6.07, 6.45) is 5.25. The van der Waals surface area contributed by atoms with Crippen LogP contribution in [0.4, 0.5) is 0 Å². The summed E-state index contributed by atoms with van der Waals surface area (Å²) in [6, 6.07) is 4.94. The molecule has 2 amide bonds. The SMILES string of the molecule is Cn1cc(CCNC(=O)[C@H]2C[C@H](NC(=O)c3ccc4c(c3)CCO4)[C@@H](O)C2)cn1. The largest absolute Gasteiger partial charge is 0.493 e. The number of nitrogens with one attached hydrogen (secondary N) is 2. The fraction of sp³-hybridized carbons (Fsp3) is 0.476. The van der Waals surface area contributed by atoms with Crippen LogP contribution in [0.1, 0.15) is 34.3 Å². The van der Waals surface area contributed by atoms with Crippen LogP contribution in [0.25, 0.3) is 0 Å². The second kappa shape index (κ2) is 8.24. The maximum atomic E-state index is 12.6. The van der Waals surface area contributed by atoms with Crippen molar-refractivity contribution in [2.75, 3.05) is 13.2 Å². The summed E-state index contributed by atoms with van der Waals surface area (Å²) in [6.45, 7) is 1.16. The molecule has 1 saturated carbocycles. The van der Waals surface area contributed by atoms with Crippen LogP contribution in [0.15, 0.2) is 30.6 Å². The number of rotatable bonds is 6. The van der Waals surface area contributed by atoms with Gasteiger partial charge in [-0.05, 0) is 48.6 Å². The van der Waals surface area contributed by atoms with E-state index in [1.54, 1.807) is 23.0 Å². The van der Waals surface area contributed by atoms with E-state index in [1.165, 1.54) is 0 Å². The number of hydrogen-bond acceptors (Lipinski definition) is 5. The molecule has 1 aromatic heterocycles. The number of carbonyl (C=O) groups excluding carboxylic acids is 2. The summed E-state index contributed by atoms with van der Waals surface area (Å²) >= 11 is 0. The van der Waals surface area contributed by atoms with Crippen LogP contribution in [0.5, 0.6) is 5.75 Å². The molecule has 8 nitrogen and oxygen atoms in total. The molecule has 1 fully saturated rings. The Morgan fingerprint density at radius 3 is 3.00 bits per heavy atom. The Labute approximate surface area is 169 Å². The zero-order valence-electron chi connectivity index (χ0n) is 16.4. The molecule has 0 unspecified atom stereocenters. The van der Waals surface area contributed by atoms with Crippen LogP contribution in [-0.2, 0) is 24.7 Å². The molecule has 154 valence electrons. The Kier molecular flexibility index (Phi) is 5.53. The number of aliphatic hydroxyl groups is 1. The van der Waals surface area contributed by atoms with Crippen LogP contribution in [0.3, 0.4) is 0 Å². The lowest BCUT2D eigenvalue weighted by Crippen LogP contribution is -2.40. The van der Waals surface area contributed by atoms with Crippen LogP contribution in [0.2, 0.25) is 0 Å². The van der Waals surface area contributed by atoms with Crippen molar-refractivity contribution in [2.45, 2.75) is 37.8 Å². The molecule has 4 rings (SSSR count). The van der Waals surface area contributed by atoms with E-state index in [4.69, 9.17) is 4.74 Å². The molecular weight excluding hydrogens is 372 g/mol. The molecule has 1 aromatic carbocycles. The highest BCUT2D eigenvalue weighted by molar-refractivity contribution is 5.95. The van der Waals surface area contributed by atoms with Gasteiger partial charge in [0.1, 0.15) is 5.75 Å². The molecule has 2 aromatic rings. The lowest BCUT2D eigenvalue weighted by molar-refractivity contribution is -0.125. The number of ether oxygens (including phenoxy) is 1. The van der Waals surface area contributed by atoms with E-state index < -0.39 is 12.1 Å². The molecule has 8 heteroatoms. The number of fused-ring (bicyclic) bond motifs is 1. The van der Waals surface area contributed by atoms with Gasteiger partial charge in [0.2, 0.25) is 5.91 Å². The number of aromatic nitrogens is 2. The maximum absolute atomic E-state index is 12.6. The predicted octanol–water partition coefficient (Wildman–Crippen LogP) is 0.583. The highest BCUT2D eigenvalue weighted by Gasteiger charge is 2.37. The zero-order chi connectivity index (χ0) is 20.4. The molecule has 0 bridgehead atoms. The Morgan fingerprint density at radius 2 is 2.21 bits per heavy atom. The van der Waals surface area contributed by atoms with Crippen molar-refractivity contribution in [1.29, 1.82) is 0 Å². The van der Waals surface area contributed by atoms with Crippen LogP contribution >= 0.6 is 0 Å². The van der Waals surface area contributed by atoms with E-state index >= 15 is 0 Å². The molecular formula is C21H26N4O4. The zero-order valence-corrected chi connectivity index (χ0v) is 16.4. The highest BCUT2D eigenvalue weighted by Crippen LogP contribution is 2.28. The normalized spacial score (nSPS) is 22.8. The van der Waals surface area contributed by atoms with E-state index in [9.17, 15) is 14.7 Å². The van der Waals surface area contributed by atoms with E-state index in [0.29, 0.717) is 38.0 Å². The van der Waals surface area contributed by atoms with Crippen molar-refractivity contribution in [1.82, 2.24) is 20.4 Å². The fourth-order valence-corrected chi connectivity index (χ4v) is 4.04. The molecule has 0 spiro atoms. The van der Waals surface area contributed by atoms with Crippen molar-refractivity contribution in [2.24, 2.45) is 13.0 Å². The van der Waals surface area contributed by atoms with E-state index in [1.807, 2.05) is 19.3 Å². The van der Waals surface area contributed by atoms with Crippen LogP contribution in [-0.4, -0.2) is 52.0 Å². The third-order valence-corrected chi connectivity index (χ3v) is 5.64. The summed E-state index contributed by atoms with van der Waals surface area (Å²) < 4.78 is 7.19. The van der Waals surface area contributed by atoms with Gasteiger partial charge in [-0.1, -0.05) is 0 Å². The third kappa shape index (κ3) is 4.42. The van der Waals surface area contributed by atoms with Gasteiger partial charge in [0, 0.05) is 37.7 Å². The van der Waals surface area contributed by atoms with E-state index in [2.05, 4.69) is 15.7 Å². The Balaban J connectivity index is 1.27. The summed E-state index contributed by atoms with van der Waals surface area (Å²) in [4.78, 5) is 25.0. The number of amides is 2. The van der Waals surface area contributed by atoms with Gasteiger partial charge in [0.05, 0.1) is 24.9 Å². The first-order chi connectivity index (χ1) is 14.0. The van der Waals surface area contributed by atoms with Crippen LogP contribution in [0, 0.1) is 5.92 Å². The monoisotopic (exact) mass is 398 g/mol. The van der Waals surface area contributed by atoms with Gasteiger partial charge in [-0.25, -0.2) is 0 Å². The van der Waals surface area contributed by atoms with Gasteiger partial charge in [-0.3, -0.25) is 14.3 Å². The first-order valence-electron chi connectivity index (χ1n) is 9.99. The van der Waals surface area contributed by atoms with Crippen LogP contribution < -0.4 is 15.4 Å². The standard InChI is InChI=1S/C21H26N4O4/c1-25-12-13(11-23-25)4-6-22-20(27)16-9-17(18(26)10-16)24-21(28)15-2-3-19-14(8-15)5-7-29-19/h2-3,8,11-12,16-18,26H,4-7,9-10H2,1H3,(H,22,27)(H,24,28)/t16-,17-,18-/m0/s1. The fourth-order valence-electron chi connectivity index (χ4n) is 4.04. The summed E-state index contributed by atoms with van der Waals surface area (Å²) in [5.74, 6) is 0.198. The van der Waals surface area contributed by atoms with Crippen molar-refractivity contribution < 1.29 is 19.4 Å². The van der Waals surface area contributed by atoms with Gasteiger partial charge in [-0.15, -0.1) is 0 Å². The minimum atomic E-state index is -0.731. The molecule has 2 aliphatic rings. The number of aryl methyl sites for hydroxylation is 1. The van der Waals surface area contributed by atoms with Gasteiger partial charge in [-0.2, -0.15) is 5.10 Å². The molecule has 2 heterocycles. The van der Waals surface area contributed by atoms with Crippen molar-refractivity contribution in [3.63, 3.8) is 0 Å². The quantitative estimate of drug-likeness (QED) is 0.660. The molecule has 0 saturated heterocycles. The minimum absolute atomic E-state index is 0.0839. The maximum Gasteiger partial charge on any atom is 0.251 e. The predicted molar refractivity (Wildman–Crippen MR) is 106 cm³/mol. The first kappa shape index (κ1) is 19.4. The number of hydrogen-bond donors (Lipinski definition) is 3. The summed E-state index contributed by atoms with van der Waals surface area (Å²) in [7, 11) is 1.85. The molecule has 29 heavy (non-hydrogen) atoms. The van der Waals surface area contributed by atoms with Gasteiger partial charge in [0.25, 0.3) is 5.91 Å². The lowest BCUT2D eigenvalue weighted by Gasteiger charge is -2.16. The van der Waals surface area contributed by atoms with Gasteiger partial charge >= 0.3 is 0 Å². The number of nitrogens with zero attached hydrogens (tertiary/aromatic N) is 2. The first-order valence-corrected chi connectivity index (χ1v) is 9.99. The Bertz CT molecular complexity index is 910. The van der Waals surface area contributed by atoms with Crippen molar-refractivity contribution >= 4 is 11.8 Å². The lowest BCUT2D eigenvalue weighted by atomic mass is 10.1. The van der Waals surface area contributed by atoms with Gasteiger partial charge < -0.3 is 20.5 Å². The second-order valence-electron chi connectivity index (χ2n) is 7.80. The molecule has 3 atom stereocenters. The topological polar surface area (TPSA) is 105 Å². The molecule has 0 radical (unpaired) electrons. The molecule has 3 N–H and O–H groups in total. The second-order valence-corrected chi connectivity index (χ2v) is 7.80. The minimum Gasteiger partial charge on any atom is -0.493 e. The highest BCUT2D eigenvalue weighted by atomic mass is 16.5. The number of benzene rings is 1. The number of aliphatic hydroxyl groups excluding tert-OH is 1. The summed E-state index contributed by atoms with van der Waals surface area (Å²) in [5, 5.41) is 20.3. The molecule has 1 aliphatic heterocycles.